The Bertz CT molecular complexity index is 1690. The first kappa shape index (κ1) is 23.6. The number of amides is 1. The van der Waals surface area contributed by atoms with Gasteiger partial charge in [-0.15, -0.1) is 0 Å². The highest BCUT2D eigenvalue weighted by Crippen LogP contribution is 2.33. The van der Waals surface area contributed by atoms with Crippen LogP contribution in [0.1, 0.15) is 40.4 Å². The molecule has 3 heterocycles. The number of benzene rings is 2. The van der Waals surface area contributed by atoms with Crippen LogP contribution >= 0.6 is 0 Å². The number of hydrogen-bond donors (Lipinski definition) is 2. The second kappa shape index (κ2) is 9.84. The lowest BCUT2D eigenvalue weighted by atomic mass is 10.0. The first-order chi connectivity index (χ1) is 17.9. The lowest BCUT2D eigenvalue weighted by Crippen LogP contribution is -2.29. The lowest BCUT2D eigenvalue weighted by Gasteiger charge is -2.16. The molecule has 0 spiro atoms. The standard InChI is InChI=1S/C29H23N7O/c1-17-6-3-10-23(33-17)18(2)34-29(37)27-28(31)36-26(21-8-4-7-19(14-21)16-30)25(35-27)22-11-12-24-20(15-22)9-5-13-32-24/h3-15,18H,1-2H3,(H2,31,36)(H,34,37). The van der Waals surface area contributed by atoms with Crippen molar-refractivity contribution in [1.82, 2.24) is 25.3 Å². The largest absolute Gasteiger partial charge is 0.382 e. The van der Waals surface area contributed by atoms with E-state index in [0.29, 0.717) is 22.5 Å². The number of aryl methyl sites for hydroxylation is 1. The Morgan fingerprint density at radius 3 is 2.54 bits per heavy atom. The molecular formula is C29H23N7O. The topological polar surface area (TPSA) is 130 Å². The smallest absolute Gasteiger partial charge is 0.274 e. The van der Waals surface area contributed by atoms with E-state index in [1.165, 1.54) is 0 Å². The number of nitriles is 1. The number of aromatic nitrogens is 4. The van der Waals surface area contributed by atoms with Crippen LogP contribution < -0.4 is 11.1 Å². The first-order valence-corrected chi connectivity index (χ1v) is 11.7. The fraction of sp³-hybridized carbons (Fsp3) is 0.103. The lowest BCUT2D eigenvalue weighted by molar-refractivity contribution is 0.0935. The summed E-state index contributed by atoms with van der Waals surface area (Å²) in [6, 6.07) is 24.0. The summed E-state index contributed by atoms with van der Waals surface area (Å²) in [6.07, 6.45) is 1.73. The minimum atomic E-state index is -0.457. The summed E-state index contributed by atoms with van der Waals surface area (Å²) in [5, 5.41) is 13.3. The van der Waals surface area contributed by atoms with Gasteiger partial charge in [0.1, 0.15) is 0 Å². The third-order valence-electron chi connectivity index (χ3n) is 5.98. The molecule has 0 saturated heterocycles. The summed E-state index contributed by atoms with van der Waals surface area (Å²) < 4.78 is 0. The first-order valence-electron chi connectivity index (χ1n) is 11.7. The van der Waals surface area contributed by atoms with Crippen molar-refractivity contribution in [2.75, 3.05) is 5.73 Å². The molecule has 0 aliphatic heterocycles. The van der Waals surface area contributed by atoms with Gasteiger partial charge in [0.15, 0.2) is 11.5 Å². The molecule has 1 unspecified atom stereocenters. The van der Waals surface area contributed by atoms with Crippen LogP contribution in [-0.4, -0.2) is 25.8 Å². The summed E-state index contributed by atoms with van der Waals surface area (Å²) in [5.41, 5.74) is 11.6. The van der Waals surface area contributed by atoms with Crippen LogP contribution in [0.25, 0.3) is 33.4 Å². The van der Waals surface area contributed by atoms with Crippen molar-refractivity contribution in [2.24, 2.45) is 0 Å². The van der Waals surface area contributed by atoms with Gasteiger partial charge in [-0.05, 0) is 56.3 Å². The molecule has 3 N–H and O–H groups in total. The fourth-order valence-corrected chi connectivity index (χ4v) is 4.12. The van der Waals surface area contributed by atoms with Crippen LogP contribution in [0.4, 0.5) is 5.82 Å². The van der Waals surface area contributed by atoms with E-state index in [9.17, 15) is 10.1 Å². The molecule has 5 rings (SSSR count). The zero-order valence-corrected chi connectivity index (χ0v) is 20.3. The third kappa shape index (κ3) is 4.83. The van der Waals surface area contributed by atoms with Gasteiger partial charge in [-0.3, -0.25) is 14.8 Å². The Morgan fingerprint density at radius 2 is 1.73 bits per heavy atom. The van der Waals surface area contributed by atoms with Gasteiger partial charge in [0.25, 0.3) is 5.91 Å². The molecule has 8 heteroatoms. The average Bonchev–Trinajstić information content (AvgIpc) is 2.92. The highest BCUT2D eigenvalue weighted by molar-refractivity contribution is 5.98. The molecule has 1 atom stereocenters. The van der Waals surface area contributed by atoms with E-state index in [1.54, 1.807) is 24.4 Å². The monoisotopic (exact) mass is 485 g/mol. The Balaban J connectivity index is 1.62. The van der Waals surface area contributed by atoms with Crippen molar-refractivity contribution in [1.29, 1.82) is 5.26 Å². The van der Waals surface area contributed by atoms with Crippen molar-refractivity contribution < 1.29 is 4.79 Å². The van der Waals surface area contributed by atoms with Crippen molar-refractivity contribution in [3.8, 4) is 28.6 Å². The number of nitrogens with zero attached hydrogens (tertiary/aromatic N) is 5. The molecule has 180 valence electrons. The number of nitrogens with two attached hydrogens (primary N) is 1. The van der Waals surface area contributed by atoms with Crippen molar-refractivity contribution in [2.45, 2.75) is 19.9 Å². The van der Waals surface area contributed by atoms with Crippen LogP contribution in [0.3, 0.4) is 0 Å². The van der Waals surface area contributed by atoms with Crippen molar-refractivity contribution in [3.63, 3.8) is 0 Å². The Morgan fingerprint density at radius 1 is 0.946 bits per heavy atom. The van der Waals surface area contributed by atoms with E-state index in [2.05, 4.69) is 26.3 Å². The molecule has 0 aliphatic carbocycles. The fourth-order valence-electron chi connectivity index (χ4n) is 4.12. The molecule has 5 aromatic rings. The zero-order chi connectivity index (χ0) is 25.9. The molecule has 2 aromatic carbocycles. The SMILES string of the molecule is Cc1cccc(C(C)NC(=O)c2nc(-c3ccc4ncccc4c3)c(-c3cccc(C#N)c3)nc2N)n1. The van der Waals surface area contributed by atoms with Gasteiger partial charge in [0.2, 0.25) is 0 Å². The van der Waals surface area contributed by atoms with Gasteiger partial charge in [-0.2, -0.15) is 5.26 Å². The summed E-state index contributed by atoms with van der Waals surface area (Å²) in [7, 11) is 0. The maximum atomic E-state index is 13.3. The quantitative estimate of drug-likeness (QED) is 0.358. The number of anilines is 1. The Kier molecular flexibility index (Phi) is 6.27. The molecular weight excluding hydrogens is 462 g/mol. The van der Waals surface area contributed by atoms with Gasteiger partial charge in [0, 0.05) is 28.4 Å². The van der Waals surface area contributed by atoms with Gasteiger partial charge < -0.3 is 11.1 Å². The molecule has 1 amide bonds. The van der Waals surface area contributed by atoms with Crippen molar-refractivity contribution >= 4 is 22.6 Å². The predicted molar refractivity (Wildman–Crippen MR) is 142 cm³/mol. The Hall–Kier alpha value is -5.16. The number of nitrogens with one attached hydrogen (secondary N) is 1. The molecule has 0 aliphatic rings. The second-order valence-corrected chi connectivity index (χ2v) is 8.66. The summed E-state index contributed by atoms with van der Waals surface area (Å²) in [4.78, 5) is 31.5. The van der Waals surface area contributed by atoms with E-state index in [0.717, 1.165) is 27.9 Å². The number of fused-ring (bicyclic) bond motifs is 1. The van der Waals surface area contributed by atoms with Crippen LogP contribution in [-0.2, 0) is 0 Å². The maximum Gasteiger partial charge on any atom is 0.274 e. The highest BCUT2D eigenvalue weighted by atomic mass is 16.2. The van der Waals surface area contributed by atoms with Gasteiger partial charge in [-0.25, -0.2) is 9.97 Å². The summed E-state index contributed by atoms with van der Waals surface area (Å²) in [5.74, 6) is -0.465. The molecule has 37 heavy (non-hydrogen) atoms. The number of rotatable bonds is 5. The van der Waals surface area contributed by atoms with Gasteiger partial charge >= 0.3 is 0 Å². The Labute approximate surface area is 213 Å². The number of carbonyl (C=O) groups excluding carboxylic acids is 1. The van der Waals surface area contributed by atoms with E-state index >= 15 is 0 Å². The maximum absolute atomic E-state index is 13.3. The summed E-state index contributed by atoms with van der Waals surface area (Å²) >= 11 is 0. The van der Waals surface area contributed by atoms with Crippen LogP contribution in [0.5, 0.6) is 0 Å². The molecule has 0 radical (unpaired) electrons. The number of hydrogen-bond acceptors (Lipinski definition) is 7. The van der Waals surface area contributed by atoms with Gasteiger partial charge in [-0.1, -0.05) is 30.3 Å². The summed E-state index contributed by atoms with van der Waals surface area (Å²) in [6.45, 7) is 3.75. The number of nitrogen functional groups attached to an aromatic ring is 1. The molecule has 0 fully saturated rings. The molecule has 8 nitrogen and oxygen atoms in total. The van der Waals surface area contributed by atoms with E-state index in [4.69, 9.17) is 10.7 Å². The number of carbonyl (C=O) groups is 1. The van der Waals surface area contributed by atoms with E-state index < -0.39 is 5.91 Å². The van der Waals surface area contributed by atoms with E-state index in [1.807, 2.05) is 68.4 Å². The second-order valence-electron chi connectivity index (χ2n) is 8.66. The zero-order valence-electron chi connectivity index (χ0n) is 20.3. The average molecular weight is 486 g/mol. The van der Waals surface area contributed by atoms with Crippen molar-refractivity contribution in [3.05, 3.63) is 102 Å². The van der Waals surface area contributed by atoms with E-state index in [-0.39, 0.29) is 17.6 Å². The third-order valence-corrected chi connectivity index (χ3v) is 5.98. The predicted octanol–water partition coefficient (Wildman–Crippen LogP) is 5.01. The van der Waals surface area contributed by atoms with Gasteiger partial charge in [0.05, 0.1) is 40.3 Å². The highest BCUT2D eigenvalue weighted by Gasteiger charge is 2.22. The normalized spacial score (nSPS) is 11.6. The number of pyridine rings is 2. The van der Waals surface area contributed by atoms with Crippen LogP contribution in [0.2, 0.25) is 0 Å². The molecule has 0 saturated carbocycles. The minimum absolute atomic E-state index is 0.00883. The molecule has 3 aromatic heterocycles. The molecule has 0 bridgehead atoms. The minimum Gasteiger partial charge on any atom is -0.382 e. The van der Waals surface area contributed by atoms with Crippen LogP contribution in [0, 0.1) is 18.3 Å². The van der Waals surface area contributed by atoms with Crippen LogP contribution in [0.15, 0.2) is 79.0 Å².